The Morgan fingerprint density at radius 2 is 1.75 bits per heavy atom. The Hall–Kier alpha value is -1.58. The predicted molar refractivity (Wildman–Crippen MR) is 73.8 cm³/mol. The van der Waals surface area contributed by atoms with Crippen LogP contribution >= 0.6 is 0 Å². The lowest BCUT2D eigenvalue weighted by atomic mass is 9.53. The Bertz CT molecular complexity index is 520. The van der Waals surface area contributed by atoms with Crippen LogP contribution in [-0.2, 0) is 0 Å². The summed E-state index contributed by atoms with van der Waals surface area (Å²) in [4.78, 5) is 12.4. The number of hydrogen-bond donors (Lipinski definition) is 1. The molecule has 0 aromatic carbocycles. The number of carbonyl (C=O) groups excluding carboxylic acids is 1. The van der Waals surface area contributed by atoms with Gasteiger partial charge in [0.15, 0.2) is 6.20 Å². The van der Waals surface area contributed by atoms with Crippen LogP contribution in [0.5, 0.6) is 0 Å². The van der Waals surface area contributed by atoms with Crippen LogP contribution in [0.3, 0.4) is 0 Å². The van der Waals surface area contributed by atoms with Gasteiger partial charge in [-0.3, -0.25) is 4.79 Å². The summed E-state index contributed by atoms with van der Waals surface area (Å²) in [5.74, 6) is 2.16. The third-order valence-electron chi connectivity index (χ3n) is 5.47. The lowest BCUT2D eigenvalue weighted by molar-refractivity contribution is -0.607. The second kappa shape index (κ2) is 4.21. The van der Waals surface area contributed by atoms with Crippen LogP contribution in [0.2, 0.25) is 0 Å². The van der Waals surface area contributed by atoms with Crippen molar-refractivity contribution < 1.29 is 9.52 Å². The van der Waals surface area contributed by atoms with E-state index in [0.29, 0.717) is 4.73 Å². The zero-order valence-electron chi connectivity index (χ0n) is 11.5. The van der Waals surface area contributed by atoms with Gasteiger partial charge in [-0.15, -0.1) is 0 Å². The van der Waals surface area contributed by atoms with Crippen LogP contribution in [-0.4, -0.2) is 11.4 Å². The second-order valence-electron chi connectivity index (χ2n) is 7.06. The van der Waals surface area contributed by atoms with Gasteiger partial charge in [0.2, 0.25) is 0 Å². The number of nitrogens with one attached hydrogen (secondary N) is 1. The van der Waals surface area contributed by atoms with E-state index in [1.807, 2.05) is 0 Å². The van der Waals surface area contributed by atoms with Gasteiger partial charge in [-0.1, -0.05) is 0 Å². The number of rotatable bonds is 2. The van der Waals surface area contributed by atoms with E-state index in [-0.39, 0.29) is 17.1 Å². The topological polar surface area (TPSA) is 56.0 Å². The third kappa shape index (κ3) is 1.89. The Morgan fingerprint density at radius 3 is 2.30 bits per heavy atom. The molecule has 1 heterocycles. The van der Waals surface area contributed by atoms with Gasteiger partial charge in [0, 0.05) is 17.7 Å². The van der Waals surface area contributed by atoms with E-state index in [1.54, 1.807) is 18.2 Å². The SMILES string of the molecule is O=C(NC12CC3CC(CC(C3)C1)C2)c1cccc[n+]1[O-]. The van der Waals surface area contributed by atoms with E-state index in [0.717, 1.165) is 37.0 Å². The van der Waals surface area contributed by atoms with Crippen molar-refractivity contribution in [2.75, 3.05) is 0 Å². The minimum Gasteiger partial charge on any atom is -0.618 e. The van der Waals surface area contributed by atoms with Crippen molar-refractivity contribution in [1.82, 2.24) is 5.32 Å². The van der Waals surface area contributed by atoms with Gasteiger partial charge < -0.3 is 10.5 Å². The van der Waals surface area contributed by atoms with Crippen molar-refractivity contribution in [1.29, 1.82) is 0 Å². The molecule has 4 aliphatic carbocycles. The first-order valence-corrected chi connectivity index (χ1v) is 7.64. The van der Waals surface area contributed by atoms with Gasteiger partial charge in [0.25, 0.3) is 5.69 Å². The Labute approximate surface area is 118 Å². The molecule has 0 aliphatic heterocycles. The molecule has 106 valence electrons. The molecule has 0 spiro atoms. The number of amides is 1. The van der Waals surface area contributed by atoms with Gasteiger partial charge in [0.1, 0.15) is 0 Å². The van der Waals surface area contributed by atoms with E-state index in [4.69, 9.17) is 0 Å². The molecule has 4 saturated carbocycles. The van der Waals surface area contributed by atoms with E-state index in [2.05, 4.69) is 5.32 Å². The van der Waals surface area contributed by atoms with Crippen LogP contribution in [0.4, 0.5) is 0 Å². The van der Waals surface area contributed by atoms with E-state index in [9.17, 15) is 10.0 Å². The summed E-state index contributed by atoms with van der Waals surface area (Å²) >= 11 is 0. The molecule has 0 unspecified atom stereocenters. The average molecular weight is 272 g/mol. The molecule has 0 atom stereocenters. The van der Waals surface area contributed by atoms with Crippen LogP contribution in [0, 0.1) is 23.0 Å². The predicted octanol–water partition coefficient (Wildman–Crippen LogP) is 2.02. The van der Waals surface area contributed by atoms with Gasteiger partial charge in [-0.2, -0.15) is 4.73 Å². The smallest absolute Gasteiger partial charge is 0.317 e. The highest BCUT2D eigenvalue weighted by Crippen LogP contribution is 2.55. The van der Waals surface area contributed by atoms with Crippen LogP contribution in [0.1, 0.15) is 49.0 Å². The van der Waals surface area contributed by atoms with E-state index < -0.39 is 0 Å². The molecule has 4 bridgehead atoms. The fraction of sp³-hybridized carbons (Fsp3) is 0.625. The lowest BCUT2D eigenvalue weighted by Gasteiger charge is -2.56. The number of aromatic nitrogens is 1. The molecule has 4 nitrogen and oxygen atoms in total. The molecule has 0 saturated heterocycles. The van der Waals surface area contributed by atoms with Crippen molar-refractivity contribution in [3.63, 3.8) is 0 Å². The second-order valence-corrected chi connectivity index (χ2v) is 7.06. The minimum atomic E-state index is -0.206. The normalized spacial score (nSPS) is 37.9. The van der Waals surface area contributed by atoms with Crippen LogP contribution < -0.4 is 10.0 Å². The quantitative estimate of drug-likeness (QED) is 0.661. The summed E-state index contributed by atoms with van der Waals surface area (Å²) in [5, 5.41) is 14.9. The Morgan fingerprint density at radius 1 is 1.15 bits per heavy atom. The zero-order valence-corrected chi connectivity index (χ0v) is 11.5. The third-order valence-corrected chi connectivity index (χ3v) is 5.47. The zero-order chi connectivity index (χ0) is 13.7. The van der Waals surface area contributed by atoms with Gasteiger partial charge >= 0.3 is 5.91 Å². The standard InChI is InChI=1S/C16H20N2O2/c19-15(14-3-1-2-4-18(14)20)17-16-8-11-5-12(9-16)7-13(6-11)10-16/h1-4,11-13H,5-10H2,(H,17,19). The molecule has 1 aromatic rings. The Balaban J connectivity index is 1.57. The summed E-state index contributed by atoms with van der Waals surface area (Å²) < 4.78 is 0.663. The summed E-state index contributed by atoms with van der Waals surface area (Å²) in [5.41, 5.74) is 0.178. The van der Waals surface area contributed by atoms with Crippen molar-refractivity contribution >= 4 is 5.91 Å². The molecule has 20 heavy (non-hydrogen) atoms. The molecule has 5 rings (SSSR count). The van der Waals surface area contributed by atoms with E-state index in [1.165, 1.54) is 25.5 Å². The van der Waals surface area contributed by atoms with Crippen molar-refractivity contribution in [3.8, 4) is 0 Å². The number of carbonyl (C=O) groups is 1. The largest absolute Gasteiger partial charge is 0.618 e. The molecule has 1 amide bonds. The molecule has 4 heteroatoms. The molecule has 0 radical (unpaired) electrons. The minimum absolute atomic E-state index is 0.0331. The van der Waals surface area contributed by atoms with Crippen LogP contribution in [0.15, 0.2) is 24.4 Å². The summed E-state index contributed by atoms with van der Waals surface area (Å²) in [6.07, 6.45) is 8.75. The fourth-order valence-corrected chi connectivity index (χ4v) is 5.17. The maximum absolute atomic E-state index is 12.4. The molecular formula is C16H20N2O2. The average Bonchev–Trinajstić information content (AvgIpc) is 2.36. The summed E-state index contributed by atoms with van der Waals surface area (Å²) in [6.45, 7) is 0. The highest BCUT2D eigenvalue weighted by molar-refractivity contribution is 5.91. The summed E-state index contributed by atoms with van der Waals surface area (Å²) in [7, 11) is 0. The highest BCUT2D eigenvalue weighted by atomic mass is 16.5. The first-order chi connectivity index (χ1) is 9.63. The lowest BCUT2D eigenvalue weighted by Crippen LogP contribution is -2.60. The van der Waals surface area contributed by atoms with Crippen molar-refractivity contribution in [3.05, 3.63) is 35.3 Å². The van der Waals surface area contributed by atoms with Crippen molar-refractivity contribution in [2.24, 2.45) is 17.8 Å². The molecular weight excluding hydrogens is 252 g/mol. The first-order valence-electron chi connectivity index (χ1n) is 7.64. The maximum Gasteiger partial charge on any atom is 0.317 e. The number of pyridine rings is 1. The fourth-order valence-electron chi connectivity index (χ4n) is 5.17. The van der Waals surface area contributed by atoms with Gasteiger partial charge in [0.05, 0.1) is 0 Å². The van der Waals surface area contributed by atoms with Gasteiger partial charge in [-0.25, -0.2) is 0 Å². The Kier molecular flexibility index (Phi) is 2.56. The molecule has 4 aliphatic rings. The highest BCUT2D eigenvalue weighted by Gasteiger charge is 2.51. The maximum atomic E-state index is 12.4. The van der Waals surface area contributed by atoms with E-state index >= 15 is 0 Å². The van der Waals surface area contributed by atoms with Gasteiger partial charge in [-0.05, 0) is 62.3 Å². The molecule has 1 aromatic heterocycles. The summed E-state index contributed by atoms with van der Waals surface area (Å²) in [6, 6.07) is 4.99. The van der Waals surface area contributed by atoms with Crippen molar-refractivity contribution in [2.45, 2.75) is 44.1 Å². The molecule has 1 N–H and O–H groups in total. The molecule has 4 fully saturated rings. The monoisotopic (exact) mass is 272 g/mol. The number of nitrogens with zero attached hydrogens (tertiary/aromatic N) is 1. The van der Waals surface area contributed by atoms with Crippen LogP contribution in [0.25, 0.3) is 0 Å². The number of hydrogen-bond acceptors (Lipinski definition) is 2. The first kappa shape index (κ1) is 12.2.